The number of hydrogen-bond acceptors (Lipinski definition) is 5. The number of aromatic nitrogens is 4. The zero-order valence-electron chi connectivity index (χ0n) is 10.6. The third kappa shape index (κ3) is 2.19. The summed E-state index contributed by atoms with van der Waals surface area (Å²) < 4.78 is 4.50. The Morgan fingerprint density at radius 1 is 1.30 bits per heavy atom. The highest BCUT2D eigenvalue weighted by Gasteiger charge is 2.07. The van der Waals surface area contributed by atoms with E-state index < -0.39 is 0 Å². The number of nitrogens with two attached hydrogens (primary N) is 1. The first-order valence-electron chi connectivity index (χ1n) is 6.10. The van der Waals surface area contributed by atoms with Crippen LogP contribution in [-0.4, -0.2) is 25.1 Å². The van der Waals surface area contributed by atoms with Gasteiger partial charge in [-0.2, -0.15) is 0 Å². The van der Waals surface area contributed by atoms with Crippen molar-refractivity contribution in [1.29, 1.82) is 0 Å². The number of nitrogens with zero attached hydrogens (tertiary/aromatic N) is 4. The molecule has 0 saturated carbocycles. The standard InChI is InChI=1S/C12H13N5O2S/c13-2-4-17-10(18)1-3-16(12(17)19)8-9-7-15-5-6-20-11(15)14-9/h1,3,5-7H,2,4,8,13H2. The van der Waals surface area contributed by atoms with Gasteiger partial charge in [-0.05, 0) is 0 Å². The molecule has 0 bridgehead atoms. The molecular formula is C12H13N5O2S. The van der Waals surface area contributed by atoms with E-state index in [2.05, 4.69) is 4.98 Å². The lowest BCUT2D eigenvalue weighted by atomic mass is 10.4. The van der Waals surface area contributed by atoms with Gasteiger partial charge < -0.3 is 5.73 Å². The Hall–Kier alpha value is -2.19. The first kappa shape index (κ1) is 12.8. The molecule has 0 aliphatic rings. The Morgan fingerprint density at radius 2 is 2.15 bits per heavy atom. The molecule has 3 heterocycles. The summed E-state index contributed by atoms with van der Waals surface area (Å²) in [7, 11) is 0. The van der Waals surface area contributed by atoms with Gasteiger partial charge in [0.1, 0.15) is 0 Å². The second-order valence-corrected chi connectivity index (χ2v) is 5.20. The van der Waals surface area contributed by atoms with E-state index in [1.54, 1.807) is 0 Å². The van der Waals surface area contributed by atoms with Gasteiger partial charge in [0, 0.05) is 43.1 Å². The number of rotatable bonds is 4. The minimum absolute atomic E-state index is 0.219. The van der Waals surface area contributed by atoms with Gasteiger partial charge in [0.15, 0.2) is 4.96 Å². The number of fused-ring (bicyclic) bond motifs is 1. The average Bonchev–Trinajstić information content (AvgIpc) is 2.99. The number of imidazole rings is 1. The fourth-order valence-corrected chi connectivity index (χ4v) is 2.76. The predicted molar refractivity (Wildman–Crippen MR) is 76.2 cm³/mol. The van der Waals surface area contributed by atoms with Gasteiger partial charge in [-0.1, -0.05) is 0 Å². The lowest BCUT2D eigenvalue weighted by Gasteiger charge is -2.07. The van der Waals surface area contributed by atoms with Crippen LogP contribution in [0.1, 0.15) is 5.69 Å². The van der Waals surface area contributed by atoms with Crippen LogP contribution in [-0.2, 0) is 13.1 Å². The first-order valence-corrected chi connectivity index (χ1v) is 6.98. The van der Waals surface area contributed by atoms with E-state index in [-0.39, 0.29) is 24.3 Å². The topological polar surface area (TPSA) is 87.3 Å². The summed E-state index contributed by atoms with van der Waals surface area (Å²) in [4.78, 5) is 29.1. The fourth-order valence-electron chi connectivity index (χ4n) is 2.04. The van der Waals surface area contributed by atoms with Crippen LogP contribution in [0.3, 0.4) is 0 Å². The maximum absolute atomic E-state index is 12.2. The summed E-state index contributed by atoms with van der Waals surface area (Å²) >= 11 is 1.53. The van der Waals surface area contributed by atoms with E-state index in [1.807, 2.05) is 22.2 Å². The second kappa shape index (κ2) is 5.06. The highest BCUT2D eigenvalue weighted by molar-refractivity contribution is 7.15. The van der Waals surface area contributed by atoms with Crippen molar-refractivity contribution in [2.45, 2.75) is 13.1 Å². The zero-order valence-corrected chi connectivity index (χ0v) is 11.4. The van der Waals surface area contributed by atoms with E-state index >= 15 is 0 Å². The lowest BCUT2D eigenvalue weighted by Crippen LogP contribution is -2.40. The number of hydrogen-bond donors (Lipinski definition) is 1. The molecule has 0 atom stereocenters. The minimum Gasteiger partial charge on any atom is -0.329 e. The van der Waals surface area contributed by atoms with E-state index in [1.165, 1.54) is 28.2 Å². The largest absolute Gasteiger partial charge is 0.331 e. The third-order valence-corrected chi connectivity index (χ3v) is 3.74. The fraction of sp³-hybridized carbons (Fsp3) is 0.250. The molecule has 0 spiro atoms. The van der Waals surface area contributed by atoms with Crippen molar-refractivity contribution in [3.05, 3.63) is 56.6 Å². The van der Waals surface area contributed by atoms with Gasteiger partial charge in [-0.3, -0.25) is 18.3 Å². The quantitative estimate of drug-likeness (QED) is 0.716. The van der Waals surface area contributed by atoms with Crippen molar-refractivity contribution < 1.29 is 0 Å². The van der Waals surface area contributed by atoms with Crippen LogP contribution in [0.25, 0.3) is 4.96 Å². The van der Waals surface area contributed by atoms with Crippen molar-refractivity contribution >= 4 is 16.3 Å². The van der Waals surface area contributed by atoms with Crippen LogP contribution in [0, 0.1) is 0 Å². The Labute approximate surface area is 117 Å². The molecule has 3 aromatic rings. The maximum Gasteiger partial charge on any atom is 0.331 e. The minimum atomic E-state index is -0.362. The molecule has 20 heavy (non-hydrogen) atoms. The van der Waals surface area contributed by atoms with E-state index in [4.69, 9.17) is 5.73 Å². The lowest BCUT2D eigenvalue weighted by molar-refractivity contribution is 0.577. The molecule has 0 aliphatic heterocycles. The predicted octanol–water partition coefficient (Wildman–Crippen LogP) is -0.274. The molecule has 3 rings (SSSR count). The van der Waals surface area contributed by atoms with Gasteiger partial charge in [0.2, 0.25) is 0 Å². The Bertz CT molecular complexity index is 828. The second-order valence-electron chi connectivity index (χ2n) is 4.33. The molecule has 3 aromatic heterocycles. The van der Waals surface area contributed by atoms with Crippen molar-refractivity contribution in [2.75, 3.05) is 6.54 Å². The van der Waals surface area contributed by atoms with Crippen LogP contribution >= 0.6 is 11.3 Å². The first-order chi connectivity index (χ1) is 9.69. The van der Waals surface area contributed by atoms with E-state index in [0.717, 1.165) is 15.2 Å². The molecule has 0 aliphatic carbocycles. The smallest absolute Gasteiger partial charge is 0.329 e. The van der Waals surface area contributed by atoms with E-state index in [9.17, 15) is 9.59 Å². The van der Waals surface area contributed by atoms with Gasteiger partial charge >= 0.3 is 5.69 Å². The summed E-state index contributed by atoms with van der Waals surface area (Å²) in [5, 5.41) is 1.94. The van der Waals surface area contributed by atoms with Crippen LogP contribution in [0.5, 0.6) is 0 Å². The van der Waals surface area contributed by atoms with Crippen molar-refractivity contribution in [2.24, 2.45) is 5.73 Å². The Balaban J connectivity index is 1.98. The molecule has 2 N–H and O–H groups in total. The van der Waals surface area contributed by atoms with Crippen molar-refractivity contribution in [3.8, 4) is 0 Å². The average molecular weight is 291 g/mol. The molecular weight excluding hydrogens is 278 g/mol. The number of thiazole rings is 1. The summed E-state index contributed by atoms with van der Waals surface area (Å²) in [5.74, 6) is 0. The normalized spacial score (nSPS) is 11.2. The van der Waals surface area contributed by atoms with Crippen LogP contribution in [0.2, 0.25) is 0 Å². The highest BCUT2D eigenvalue weighted by atomic mass is 32.1. The van der Waals surface area contributed by atoms with Gasteiger partial charge in [-0.15, -0.1) is 11.3 Å². The molecule has 8 heteroatoms. The Morgan fingerprint density at radius 3 is 2.90 bits per heavy atom. The van der Waals surface area contributed by atoms with Crippen LogP contribution < -0.4 is 17.0 Å². The summed E-state index contributed by atoms with van der Waals surface area (Å²) in [5.41, 5.74) is 5.50. The maximum atomic E-state index is 12.2. The summed E-state index contributed by atoms with van der Waals surface area (Å²) in [6, 6.07) is 1.37. The highest BCUT2D eigenvalue weighted by Crippen LogP contribution is 2.11. The van der Waals surface area contributed by atoms with E-state index in [0.29, 0.717) is 6.54 Å². The summed E-state index contributed by atoms with van der Waals surface area (Å²) in [6.45, 7) is 0.800. The molecule has 7 nitrogen and oxygen atoms in total. The van der Waals surface area contributed by atoms with Crippen LogP contribution in [0.15, 0.2) is 39.6 Å². The molecule has 0 fully saturated rings. The van der Waals surface area contributed by atoms with Gasteiger partial charge in [-0.25, -0.2) is 9.78 Å². The van der Waals surface area contributed by atoms with Crippen molar-refractivity contribution in [1.82, 2.24) is 18.5 Å². The van der Waals surface area contributed by atoms with Gasteiger partial charge in [0.05, 0.1) is 12.2 Å². The zero-order chi connectivity index (χ0) is 14.1. The molecule has 0 radical (unpaired) electrons. The molecule has 0 aromatic carbocycles. The molecule has 0 saturated heterocycles. The van der Waals surface area contributed by atoms with Crippen molar-refractivity contribution in [3.63, 3.8) is 0 Å². The SMILES string of the molecule is NCCn1c(=O)ccn(Cc2cn3ccsc3n2)c1=O. The Kier molecular flexibility index (Phi) is 3.25. The molecule has 0 unspecified atom stereocenters. The van der Waals surface area contributed by atoms with Gasteiger partial charge in [0.25, 0.3) is 5.56 Å². The molecule has 104 valence electrons. The monoisotopic (exact) mass is 291 g/mol. The summed E-state index contributed by atoms with van der Waals surface area (Å²) in [6.07, 6.45) is 5.27. The van der Waals surface area contributed by atoms with Crippen LogP contribution in [0.4, 0.5) is 0 Å². The third-order valence-electron chi connectivity index (χ3n) is 2.97. The molecule has 0 amide bonds.